The number of amides is 1. The lowest BCUT2D eigenvalue weighted by Crippen LogP contribution is -2.37. The summed E-state index contributed by atoms with van der Waals surface area (Å²) in [5.41, 5.74) is 2.84. The first-order chi connectivity index (χ1) is 10.3. The molecule has 2 rings (SSSR count). The van der Waals surface area contributed by atoms with Crippen LogP contribution in [0.4, 0.5) is 0 Å². The van der Waals surface area contributed by atoms with E-state index in [1.165, 1.54) is 0 Å². The van der Waals surface area contributed by atoms with E-state index in [0.29, 0.717) is 6.54 Å². The molecule has 1 amide bonds. The molecule has 2 aromatic carbocycles. The van der Waals surface area contributed by atoms with Crippen molar-refractivity contribution in [3.05, 3.63) is 67.7 Å². The summed E-state index contributed by atoms with van der Waals surface area (Å²) in [6.07, 6.45) is 0. The maximum absolute atomic E-state index is 12.4. The Kier molecular flexibility index (Phi) is 5.50. The lowest BCUT2D eigenvalue weighted by atomic mass is 9.84. The Morgan fingerprint density at radius 3 is 2.45 bits per heavy atom. The number of halogens is 2. The van der Waals surface area contributed by atoms with Gasteiger partial charge in [0, 0.05) is 20.6 Å². The van der Waals surface area contributed by atoms with Gasteiger partial charge in [-0.1, -0.05) is 49.7 Å². The van der Waals surface area contributed by atoms with Gasteiger partial charge in [-0.3, -0.25) is 4.79 Å². The van der Waals surface area contributed by atoms with Gasteiger partial charge in [0.2, 0.25) is 0 Å². The molecular formula is C18H19ClINO. The van der Waals surface area contributed by atoms with Crippen LogP contribution in [0.25, 0.3) is 0 Å². The first-order valence-electron chi connectivity index (χ1n) is 7.10. The zero-order chi connectivity index (χ0) is 16.3. The van der Waals surface area contributed by atoms with Gasteiger partial charge < -0.3 is 5.32 Å². The first kappa shape index (κ1) is 17.3. The quantitative estimate of drug-likeness (QED) is 0.687. The van der Waals surface area contributed by atoms with Gasteiger partial charge in [-0.05, 0) is 58.8 Å². The van der Waals surface area contributed by atoms with Gasteiger partial charge in [0.25, 0.3) is 5.91 Å². The van der Waals surface area contributed by atoms with Gasteiger partial charge in [0.15, 0.2) is 0 Å². The van der Waals surface area contributed by atoms with Crippen LogP contribution >= 0.6 is 34.2 Å². The predicted molar refractivity (Wildman–Crippen MR) is 101 cm³/mol. The van der Waals surface area contributed by atoms with E-state index in [1.54, 1.807) is 0 Å². The van der Waals surface area contributed by atoms with Crippen molar-refractivity contribution in [3.8, 4) is 0 Å². The van der Waals surface area contributed by atoms with E-state index >= 15 is 0 Å². The Morgan fingerprint density at radius 1 is 1.18 bits per heavy atom. The maximum atomic E-state index is 12.4. The maximum Gasteiger partial charge on any atom is 0.252 e. The van der Waals surface area contributed by atoms with Crippen molar-refractivity contribution in [2.75, 3.05) is 6.54 Å². The van der Waals surface area contributed by atoms with E-state index in [9.17, 15) is 4.79 Å². The molecule has 0 aliphatic rings. The summed E-state index contributed by atoms with van der Waals surface area (Å²) < 4.78 is 1.00. The Labute approximate surface area is 150 Å². The van der Waals surface area contributed by atoms with Crippen molar-refractivity contribution in [1.29, 1.82) is 0 Å². The predicted octanol–water partition coefficient (Wildman–Crippen LogP) is 4.96. The second-order valence-electron chi connectivity index (χ2n) is 6.01. The Bertz CT molecular complexity index is 680. The Morgan fingerprint density at radius 2 is 1.82 bits per heavy atom. The minimum absolute atomic E-state index is 0.0323. The largest absolute Gasteiger partial charge is 0.351 e. The van der Waals surface area contributed by atoms with E-state index in [0.717, 1.165) is 25.3 Å². The summed E-state index contributed by atoms with van der Waals surface area (Å²) in [5.74, 6) is -0.0323. The molecule has 2 aromatic rings. The van der Waals surface area contributed by atoms with Gasteiger partial charge in [-0.25, -0.2) is 0 Å². The molecular weight excluding hydrogens is 409 g/mol. The van der Waals surface area contributed by atoms with Crippen molar-refractivity contribution in [3.63, 3.8) is 0 Å². The number of carbonyl (C=O) groups is 1. The summed E-state index contributed by atoms with van der Waals surface area (Å²) in [5, 5.41) is 3.76. The van der Waals surface area contributed by atoms with Crippen LogP contribution < -0.4 is 5.32 Å². The van der Waals surface area contributed by atoms with Crippen LogP contribution in [-0.4, -0.2) is 12.5 Å². The molecule has 4 heteroatoms. The van der Waals surface area contributed by atoms with Crippen LogP contribution in [-0.2, 0) is 5.41 Å². The fourth-order valence-corrected chi connectivity index (χ4v) is 2.95. The molecule has 1 N–H and O–H groups in total. The highest BCUT2D eigenvalue weighted by atomic mass is 127. The fourth-order valence-electron chi connectivity index (χ4n) is 2.22. The Balaban J connectivity index is 2.09. The van der Waals surface area contributed by atoms with E-state index in [2.05, 4.69) is 41.8 Å². The molecule has 22 heavy (non-hydrogen) atoms. The third-order valence-corrected chi connectivity index (χ3v) is 5.44. The molecule has 0 aliphatic heterocycles. The molecule has 0 aliphatic carbocycles. The highest BCUT2D eigenvalue weighted by Crippen LogP contribution is 2.24. The molecule has 0 radical (unpaired) electrons. The number of aryl methyl sites for hydroxylation is 1. The number of rotatable bonds is 4. The topological polar surface area (TPSA) is 29.1 Å². The van der Waals surface area contributed by atoms with E-state index in [-0.39, 0.29) is 11.3 Å². The summed E-state index contributed by atoms with van der Waals surface area (Å²) in [7, 11) is 0. The molecule has 116 valence electrons. The van der Waals surface area contributed by atoms with E-state index < -0.39 is 0 Å². The molecule has 2 nitrogen and oxygen atoms in total. The molecule has 0 aromatic heterocycles. The molecule has 0 bridgehead atoms. The number of nitrogens with one attached hydrogen (secondary N) is 1. The van der Waals surface area contributed by atoms with E-state index in [4.69, 9.17) is 11.6 Å². The van der Waals surface area contributed by atoms with Crippen molar-refractivity contribution >= 4 is 40.1 Å². The van der Waals surface area contributed by atoms with Gasteiger partial charge in [-0.15, -0.1) is 0 Å². The third kappa shape index (κ3) is 4.02. The van der Waals surface area contributed by atoms with E-state index in [1.807, 2.05) is 49.4 Å². The highest BCUT2D eigenvalue weighted by Gasteiger charge is 2.22. The summed E-state index contributed by atoms with van der Waals surface area (Å²) in [4.78, 5) is 12.4. The molecule has 0 heterocycles. The van der Waals surface area contributed by atoms with Gasteiger partial charge in [0.1, 0.15) is 0 Å². The zero-order valence-corrected chi connectivity index (χ0v) is 15.8. The summed E-state index contributed by atoms with van der Waals surface area (Å²) in [6, 6.07) is 13.6. The molecule has 0 spiro atoms. The van der Waals surface area contributed by atoms with Crippen LogP contribution in [0, 0.1) is 10.5 Å². The standard InChI is InChI=1S/C18H19ClINO/c1-12-5-4-6-15(16(12)20)17(22)21-11-18(2,3)13-7-9-14(19)10-8-13/h4-10H,11H2,1-3H3,(H,21,22). The van der Waals surface area contributed by atoms with Crippen molar-refractivity contribution < 1.29 is 4.79 Å². The molecule has 0 saturated carbocycles. The summed E-state index contributed by atoms with van der Waals surface area (Å²) >= 11 is 8.15. The second-order valence-corrected chi connectivity index (χ2v) is 7.53. The molecule has 0 fully saturated rings. The highest BCUT2D eigenvalue weighted by molar-refractivity contribution is 14.1. The fraction of sp³-hybridized carbons (Fsp3) is 0.278. The number of carbonyl (C=O) groups excluding carboxylic acids is 1. The van der Waals surface area contributed by atoms with Crippen molar-refractivity contribution in [2.45, 2.75) is 26.2 Å². The summed E-state index contributed by atoms with van der Waals surface area (Å²) in [6.45, 7) is 6.79. The lowest BCUT2D eigenvalue weighted by Gasteiger charge is -2.26. The minimum atomic E-state index is -0.157. The van der Waals surface area contributed by atoms with Crippen LogP contribution in [0.5, 0.6) is 0 Å². The normalized spacial score (nSPS) is 11.3. The lowest BCUT2D eigenvalue weighted by molar-refractivity contribution is 0.0944. The van der Waals surface area contributed by atoms with Crippen LogP contribution in [0.3, 0.4) is 0 Å². The van der Waals surface area contributed by atoms with Gasteiger partial charge >= 0.3 is 0 Å². The number of hydrogen-bond acceptors (Lipinski definition) is 1. The molecule has 0 atom stereocenters. The first-order valence-corrected chi connectivity index (χ1v) is 8.56. The smallest absolute Gasteiger partial charge is 0.252 e. The average molecular weight is 428 g/mol. The Hall–Kier alpha value is -1.07. The van der Waals surface area contributed by atoms with Gasteiger partial charge in [-0.2, -0.15) is 0 Å². The monoisotopic (exact) mass is 427 g/mol. The number of hydrogen-bond donors (Lipinski definition) is 1. The van der Waals surface area contributed by atoms with Crippen LogP contribution in [0.2, 0.25) is 5.02 Å². The minimum Gasteiger partial charge on any atom is -0.351 e. The number of benzene rings is 2. The second kappa shape index (κ2) is 7.01. The van der Waals surface area contributed by atoms with Crippen molar-refractivity contribution in [2.24, 2.45) is 0 Å². The average Bonchev–Trinajstić information content (AvgIpc) is 2.48. The molecule has 0 unspecified atom stereocenters. The van der Waals surface area contributed by atoms with Crippen LogP contribution in [0.1, 0.15) is 35.3 Å². The third-order valence-electron chi connectivity index (χ3n) is 3.75. The van der Waals surface area contributed by atoms with Crippen LogP contribution in [0.15, 0.2) is 42.5 Å². The SMILES string of the molecule is Cc1cccc(C(=O)NCC(C)(C)c2ccc(Cl)cc2)c1I. The van der Waals surface area contributed by atoms with Crippen molar-refractivity contribution in [1.82, 2.24) is 5.32 Å². The zero-order valence-electron chi connectivity index (χ0n) is 12.9. The molecule has 0 saturated heterocycles. The van der Waals surface area contributed by atoms with Gasteiger partial charge in [0.05, 0.1) is 5.56 Å².